The summed E-state index contributed by atoms with van der Waals surface area (Å²) >= 11 is 0. The minimum atomic E-state index is -0.492. The van der Waals surface area contributed by atoms with Gasteiger partial charge in [-0.2, -0.15) is 0 Å². The molecule has 2 heterocycles. The molecule has 1 aliphatic carbocycles. The standard InChI is InChI=1S/C16H24N4.C9H10F2/c1-4-14(13-5-6-13)15-12(3)18-10-19-16(15)20-8-7-17-9-11(20)2;1-2-3-7-4-8(10)6-9(11)5-7/h4,10-11,13,17H,5-9H2,1-3H3;4-6H,2-3H2,1H3/b14-4-;. The van der Waals surface area contributed by atoms with Crippen molar-refractivity contribution in [2.24, 2.45) is 5.92 Å². The van der Waals surface area contributed by atoms with Crippen molar-refractivity contribution in [3.63, 3.8) is 0 Å². The van der Waals surface area contributed by atoms with Crippen molar-refractivity contribution in [1.82, 2.24) is 15.3 Å². The number of hydrogen-bond donors (Lipinski definition) is 1. The van der Waals surface area contributed by atoms with Gasteiger partial charge in [0.2, 0.25) is 0 Å². The molecular weight excluding hydrogens is 394 g/mol. The normalized spacial score (nSPS) is 19.1. The summed E-state index contributed by atoms with van der Waals surface area (Å²) in [5.74, 6) is 0.870. The summed E-state index contributed by atoms with van der Waals surface area (Å²) in [4.78, 5) is 11.5. The fourth-order valence-corrected chi connectivity index (χ4v) is 4.19. The van der Waals surface area contributed by atoms with Crippen LogP contribution in [-0.2, 0) is 6.42 Å². The SMILES string of the molecule is C/C=C(\c1c(C)ncnc1N1CCNCC1C)C1CC1.CCCc1cc(F)cc(F)c1. The number of nitrogens with zero attached hydrogens (tertiary/aromatic N) is 3. The maximum Gasteiger partial charge on any atom is 0.140 e. The molecule has 0 radical (unpaired) electrons. The lowest BCUT2D eigenvalue weighted by atomic mass is 9.99. The van der Waals surface area contributed by atoms with Crippen molar-refractivity contribution < 1.29 is 8.78 Å². The lowest BCUT2D eigenvalue weighted by Gasteiger charge is -2.36. The van der Waals surface area contributed by atoms with Crippen LogP contribution in [0.2, 0.25) is 0 Å². The monoisotopic (exact) mass is 428 g/mol. The fourth-order valence-electron chi connectivity index (χ4n) is 4.19. The number of nitrogens with one attached hydrogen (secondary N) is 1. The number of rotatable bonds is 5. The Labute approximate surface area is 184 Å². The molecule has 1 atom stereocenters. The summed E-state index contributed by atoms with van der Waals surface area (Å²) in [5, 5.41) is 3.45. The Morgan fingerprint density at radius 1 is 1.19 bits per heavy atom. The van der Waals surface area contributed by atoms with Crippen LogP contribution in [0.3, 0.4) is 0 Å². The number of piperazine rings is 1. The van der Waals surface area contributed by atoms with E-state index in [9.17, 15) is 8.78 Å². The van der Waals surface area contributed by atoms with Gasteiger partial charge in [0.1, 0.15) is 23.8 Å². The fraction of sp³-hybridized carbons (Fsp3) is 0.520. The van der Waals surface area contributed by atoms with E-state index in [0.717, 1.165) is 61.5 Å². The molecule has 0 amide bonds. The van der Waals surface area contributed by atoms with Gasteiger partial charge in [-0.25, -0.2) is 18.7 Å². The molecule has 168 valence electrons. The first kappa shape index (κ1) is 23.3. The van der Waals surface area contributed by atoms with E-state index in [1.54, 1.807) is 6.33 Å². The van der Waals surface area contributed by atoms with E-state index in [4.69, 9.17) is 0 Å². The molecule has 2 aliphatic rings. The quantitative estimate of drug-likeness (QED) is 0.700. The Morgan fingerprint density at radius 3 is 2.48 bits per heavy atom. The third kappa shape index (κ3) is 6.10. The van der Waals surface area contributed by atoms with Crippen molar-refractivity contribution >= 4 is 11.4 Å². The second kappa shape index (κ2) is 10.8. The smallest absolute Gasteiger partial charge is 0.140 e. The number of halogens is 2. The van der Waals surface area contributed by atoms with E-state index in [2.05, 4.69) is 47.0 Å². The van der Waals surface area contributed by atoms with Crippen molar-refractivity contribution in [3.05, 3.63) is 59.1 Å². The first-order valence-corrected chi connectivity index (χ1v) is 11.3. The van der Waals surface area contributed by atoms with Crippen LogP contribution >= 0.6 is 0 Å². The number of aromatic nitrogens is 2. The Kier molecular flexibility index (Phi) is 8.13. The molecule has 6 heteroatoms. The molecule has 2 aromatic rings. The van der Waals surface area contributed by atoms with E-state index in [1.807, 2.05) is 6.92 Å². The molecule has 1 N–H and O–H groups in total. The largest absolute Gasteiger partial charge is 0.351 e. The lowest BCUT2D eigenvalue weighted by Crippen LogP contribution is -2.50. The van der Waals surface area contributed by atoms with Crippen molar-refractivity contribution in [1.29, 1.82) is 0 Å². The lowest BCUT2D eigenvalue weighted by molar-refractivity contribution is 0.496. The highest BCUT2D eigenvalue weighted by Gasteiger charge is 2.31. The molecule has 0 spiro atoms. The van der Waals surface area contributed by atoms with Crippen LogP contribution in [-0.4, -0.2) is 35.6 Å². The highest BCUT2D eigenvalue weighted by molar-refractivity contribution is 5.78. The van der Waals surface area contributed by atoms with E-state index >= 15 is 0 Å². The predicted molar refractivity (Wildman–Crippen MR) is 123 cm³/mol. The molecule has 1 aliphatic heterocycles. The number of anilines is 1. The van der Waals surface area contributed by atoms with Gasteiger partial charge < -0.3 is 10.2 Å². The van der Waals surface area contributed by atoms with E-state index < -0.39 is 11.6 Å². The van der Waals surface area contributed by atoms with Crippen molar-refractivity contribution in [2.45, 2.75) is 59.4 Å². The number of benzene rings is 1. The minimum absolute atomic E-state index is 0.481. The van der Waals surface area contributed by atoms with E-state index in [-0.39, 0.29) is 0 Å². The van der Waals surface area contributed by atoms with Crippen LogP contribution in [0.1, 0.15) is 56.9 Å². The second-order valence-electron chi connectivity index (χ2n) is 8.45. The second-order valence-corrected chi connectivity index (χ2v) is 8.45. The zero-order chi connectivity index (χ0) is 22.4. The maximum absolute atomic E-state index is 12.5. The molecule has 1 aromatic heterocycles. The maximum atomic E-state index is 12.5. The van der Waals surface area contributed by atoms with Gasteiger partial charge >= 0.3 is 0 Å². The molecule has 2 fully saturated rings. The van der Waals surface area contributed by atoms with Gasteiger partial charge in [-0.1, -0.05) is 19.4 Å². The van der Waals surface area contributed by atoms with Crippen LogP contribution in [0, 0.1) is 24.5 Å². The van der Waals surface area contributed by atoms with Crippen LogP contribution < -0.4 is 10.2 Å². The summed E-state index contributed by atoms with van der Waals surface area (Å²) in [6.07, 6.45) is 8.23. The number of aryl methyl sites for hydroxylation is 2. The Morgan fingerprint density at radius 2 is 1.90 bits per heavy atom. The highest BCUT2D eigenvalue weighted by Crippen LogP contribution is 2.45. The molecule has 1 saturated heterocycles. The van der Waals surface area contributed by atoms with Gasteiger partial charge in [0.25, 0.3) is 0 Å². The van der Waals surface area contributed by atoms with Crippen molar-refractivity contribution in [2.75, 3.05) is 24.5 Å². The molecule has 31 heavy (non-hydrogen) atoms. The van der Waals surface area contributed by atoms with Gasteiger partial charge in [-0.3, -0.25) is 0 Å². The van der Waals surface area contributed by atoms with Crippen LogP contribution in [0.15, 0.2) is 30.6 Å². The van der Waals surface area contributed by atoms with Crippen LogP contribution in [0.5, 0.6) is 0 Å². The third-order valence-electron chi connectivity index (χ3n) is 5.87. The summed E-state index contributed by atoms with van der Waals surface area (Å²) in [6.45, 7) is 11.6. The molecule has 4 nitrogen and oxygen atoms in total. The highest BCUT2D eigenvalue weighted by atomic mass is 19.1. The van der Waals surface area contributed by atoms with Crippen LogP contribution in [0.25, 0.3) is 5.57 Å². The van der Waals surface area contributed by atoms with Gasteiger partial charge in [0.15, 0.2) is 0 Å². The molecule has 1 unspecified atom stereocenters. The van der Waals surface area contributed by atoms with Gasteiger partial charge in [-0.05, 0) is 69.2 Å². The van der Waals surface area contributed by atoms with Crippen molar-refractivity contribution in [3.8, 4) is 0 Å². The van der Waals surface area contributed by atoms with Gasteiger partial charge in [0, 0.05) is 37.3 Å². The Balaban J connectivity index is 0.000000210. The first-order chi connectivity index (χ1) is 14.9. The van der Waals surface area contributed by atoms with Gasteiger partial charge in [-0.15, -0.1) is 0 Å². The Bertz CT molecular complexity index is 888. The average molecular weight is 429 g/mol. The average Bonchev–Trinajstić information content (AvgIpc) is 3.55. The van der Waals surface area contributed by atoms with Crippen LogP contribution in [0.4, 0.5) is 14.6 Å². The predicted octanol–water partition coefficient (Wildman–Crippen LogP) is 5.31. The Hall–Kier alpha value is -2.34. The number of allylic oxidation sites excluding steroid dienone is 2. The topological polar surface area (TPSA) is 41.1 Å². The van der Waals surface area contributed by atoms with E-state index in [0.29, 0.717) is 6.04 Å². The number of hydrogen-bond acceptors (Lipinski definition) is 4. The molecular formula is C25H34F2N4. The third-order valence-corrected chi connectivity index (χ3v) is 5.87. The summed E-state index contributed by atoms with van der Waals surface area (Å²) in [5.41, 5.74) is 4.57. The zero-order valence-corrected chi connectivity index (χ0v) is 19.1. The molecule has 0 bridgehead atoms. The summed E-state index contributed by atoms with van der Waals surface area (Å²) < 4.78 is 25.0. The molecule has 1 aromatic carbocycles. The summed E-state index contributed by atoms with van der Waals surface area (Å²) in [7, 11) is 0. The molecule has 1 saturated carbocycles. The minimum Gasteiger partial charge on any atom is -0.351 e. The molecule has 4 rings (SSSR count). The van der Waals surface area contributed by atoms with Gasteiger partial charge in [0.05, 0.1) is 5.69 Å². The zero-order valence-electron chi connectivity index (χ0n) is 19.1. The summed E-state index contributed by atoms with van der Waals surface area (Å²) in [6, 6.07) is 4.10. The van der Waals surface area contributed by atoms with E-state index in [1.165, 1.54) is 36.1 Å². The first-order valence-electron chi connectivity index (χ1n) is 11.3.